The topological polar surface area (TPSA) is 84.9 Å². The molecule has 0 saturated carbocycles. The predicted molar refractivity (Wildman–Crippen MR) is 91.6 cm³/mol. The van der Waals surface area contributed by atoms with Gasteiger partial charge in [-0.05, 0) is 17.7 Å². The maximum Gasteiger partial charge on any atom is 0.408 e. The number of rotatable bonds is 5. The second kappa shape index (κ2) is 8.99. The summed E-state index contributed by atoms with van der Waals surface area (Å²) in [7, 11) is 1.39. The van der Waals surface area contributed by atoms with Crippen LogP contribution in [0.4, 0.5) is 4.79 Å². The third-order valence-corrected chi connectivity index (χ3v) is 3.27. The summed E-state index contributed by atoms with van der Waals surface area (Å²) in [5, 5.41) is 12.4. The lowest BCUT2D eigenvalue weighted by molar-refractivity contribution is 0.112. The molecule has 6 heteroatoms. The molecule has 2 N–H and O–H groups in total. The quantitative estimate of drug-likeness (QED) is 0.646. The molecule has 0 unspecified atom stereocenters. The number of methoxy groups -OCH3 is 1. The van der Waals surface area contributed by atoms with Gasteiger partial charge in [-0.2, -0.15) is 0 Å². The molecule has 2 rings (SSSR count). The molecule has 0 aliphatic rings. The number of hydrogen-bond acceptors (Lipinski definition) is 5. The number of nitrogens with one attached hydrogen (secondary N) is 1. The van der Waals surface area contributed by atoms with E-state index in [2.05, 4.69) is 17.2 Å². The van der Waals surface area contributed by atoms with E-state index in [4.69, 9.17) is 9.47 Å². The first-order chi connectivity index (χ1) is 12.2. The number of alkyl carbamates (subject to hydrolysis) is 1. The lowest BCUT2D eigenvalue weighted by Gasteiger charge is -2.06. The van der Waals surface area contributed by atoms with Crippen LogP contribution in [0.1, 0.15) is 21.5 Å². The maximum absolute atomic E-state index is 11.6. The fourth-order valence-electron chi connectivity index (χ4n) is 2.01. The Morgan fingerprint density at radius 2 is 2.00 bits per heavy atom. The van der Waals surface area contributed by atoms with E-state index in [0.29, 0.717) is 11.8 Å². The van der Waals surface area contributed by atoms with Gasteiger partial charge in [0.2, 0.25) is 0 Å². The number of hydrogen-bond donors (Lipinski definition) is 2. The predicted octanol–water partition coefficient (Wildman–Crippen LogP) is 2.49. The smallest absolute Gasteiger partial charge is 0.408 e. The Balaban J connectivity index is 1.89. The zero-order valence-corrected chi connectivity index (χ0v) is 13.6. The lowest BCUT2D eigenvalue weighted by atomic mass is 10.1. The van der Waals surface area contributed by atoms with Gasteiger partial charge in [0.1, 0.15) is 6.61 Å². The number of amides is 1. The van der Waals surface area contributed by atoms with Crippen LogP contribution >= 0.6 is 0 Å². The van der Waals surface area contributed by atoms with Crippen LogP contribution < -0.4 is 10.1 Å². The largest absolute Gasteiger partial charge is 0.504 e. The van der Waals surface area contributed by atoms with Gasteiger partial charge in [0.05, 0.1) is 19.2 Å². The average molecular weight is 339 g/mol. The number of ether oxygens (including phenoxy) is 2. The van der Waals surface area contributed by atoms with Gasteiger partial charge in [0.25, 0.3) is 0 Å². The average Bonchev–Trinajstić information content (AvgIpc) is 2.64. The Morgan fingerprint density at radius 1 is 1.24 bits per heavy atom. The van der Waals surface area contributed by atoms with Crippen molar-refractivity contribution in [2.24, 2.45) is 0 Å². The molecule has 25 heavy (non-hydrogen) atoms. The summed E-state index contributed by atoms with van der Waals surface area (Å²) in [4.78, 5) is 22.7. The summed E-state index contributed by atoms with van der Waals surface area (Å²) in [6.07, 6.45) is -0.0880. The maximum atomic E-state index is 11.6. The molecular weight excluding hydrogens is 322 g/mol. The van der Waals surface area contributed by atoms with Crippen LogP contribution in [0.5, 0.6) is 11.5 Å². The second-order valence-corrected chi connectivity index (χ2v) is 4.91. The van der Waals surface area contributed by atoms with Gasteiger partial charge in [0.15, 0.2) is 17.8 Å². The van der Waals surface area contributed by atoms with E-state index < -0.39 is 6.09 Å². The molecule has 0 heterocycles. The molecule has 0 aromatic heterocycles. The van der Waals surface area contributed by atoms with Crippen LogP contribution in [0.2, 0.25) is 0 Å². The molecule has 0 aliphatic heterocycles. The molecule has 0 bridgehead atoms. The highest BCUT2D eigenvalue weighted by molar-refractivity contribution is 5.85. The summed E-state index contributed by atoms with van der Waals surface area (Å²) in [5.41, 5.74) is 1.26. The highest BCUT2D eigenvalue weighted by Gasteiger charge is 2.11. The number of benzene rings is 2. The first-order valence-corrected chi connectivity index (χ1v) is 7.44. The Bertz CT molecular complexity index is 806. The highest BCUT2D eigenvalue weighted by Crippen LogP contribution is 2.30. The number of phenols is 1. The fraction of sp³-hybridized carbons (Fsp3) is 0.158. The standard InChI is InChI=1S/C19H17NO5/c1-24-17-10-9-15(16(12-21)18(17)22)8-5-11-20-19(23)25-13-14-6-3-2-4-7-14/h2-4,6-7,9-10,12,22H,11,13H2,1H3,(H,20,23). The van der Waals surface area contributed by atoms with Gasteiger partial charge in [0, 0.05) is 5.56 Å². The number of carbonyl (C=O) groups is 2. The van der Waals surface area contributed by atoms with E-state index in [0.717, 1.165) is 5.56 Å². The van der Waals surface area contributed by atoms with Gasteiger partial charge >= 0.3 is 6.09 Å². The zero-order chi connectivity index (χ0) is 18.1. The summed E-state index contributed by atoms with van der Waals surface area (Å²) >= 11 is 0. The van der Waals surface area contributed by atoms with E-state index >= 15 is 0 Å². The van der Waals surface area contributed by atoms with Gasteiger partial charge < -0.3 is 19.9 Å². The molecule has 0 radical (unpaired) electrons. The SMILES string of the molecule is COc1ccc(C#CCNC(=O)OCc2ccccc2)c(C=O)c1O. The first-order valence-electron chi connectivity index (χ1n) is 7.44. The third-order valence-electron chi connectivity index (χ3n) is 3.27. The van der Waals surface area contributed by atoms with Crippen molar-refractivity contribution >= 4 is 12.4 Å². The third kappa shape index (κ3) is 5.01. The van der Waals surface area contributed by atoms with Crippen molar-refractivity contribution in [3.8, 4) is 23.3 Å². The highest BCUT2D eigenvalue weighted by atomic mass is 16.5. The number of carbonyl (C=O) groups excluding carboxylic acids is 2. The summed E-state index contributed by atoms with van der Waals surface area (Å²) in [5.74, 6) is 5.34. The molecule has 0 fully saturated rings. The van der Waals surface area contributed by atoms with Crippen LogP contribution in [-0.4, -0.2) is 31.1 Å². The first kappa shape index (κ1) is 17.9. The molecule has 6 nitrogen and oxygen atoms in total. The van der Waals surface area contributed by atoms with E-state index in [1.165, 1.54) is 13.2 Å². The van der Waals surface area contributed by atoms with E-state index in [-0.39, 0.29) is 30.2 Å². The summed E-state index contributed by atoms with van der Waals surface area (Å²) in [6.45, 7) is 0.209. The summed E-state index contributed by atoms with van der Waals surface area (Å²) in [6, 6.07) is 12.4. The minimum atomic E-state index is -0.591. The Kier molecular flexibility index (Phi) is 6.43. The monoisotopic (exact) mass is 339 g/mol. The van der Waals surface area contributed by atoms with Gasteiger partial charge in [-0.25, -0.2) is 4.79 Å². The molecule has 128 valence electrons. The molecule has 2 aromatic rings. The van der Waals surface area contributed by atoms with Gasteiger partial charge in [-0.3, -0.25) is 4.79 Å². The van der Waals surface area contributed by atoms with Crippen molar-refractivity contribution in [3.63, 3.8) is 0 Å². The van der Waals surface area contributed by atoms with Crippen molar-refractivity contribution in [1.29, 1.82) is 0 Å². The zero-order valence-electron chi connectivity index (χ0n) is 13.6. The van der Waals surface area contributed by atoms with Crippen LogP contribution in [0.15, 0.2) is 42.5 Å². The van der Waals surface area contributed by atoms with E-state index in [1.54, 1.807) is 6.07 Å². The van der Waals surface area contributed by atoms with Crippen molar-refractivity contribution < 1.29 is 24.2 Å². The van der Waals surface area contributed by atoms with Crippen LogP contribution in [0, 0.1) is 11.8 Å². The van der Waals surface area contributed by atoms with Crippen LogP contribution in [-0.2, 0) is 11.3 Å². The molecule has 0 aliphatic carbocycles. The Hall–Kier alpha value is -3.46. The Labute approximate surface area is 145 Å². The number of aldehydes is 1. The molecule has 2 aromatic carbocycles. The lowest BCUT2D eigenvalue weighted by Crippen LogP contribution is -2.24. The fourth-order valence-corrected chi connectivity index (χ4v) is 2.01. The normalized spacial score (nSPS) is 9.48. The number of aromatic hydroxyl groups is 1. The minimum absolute atomic E-state index is 0.0403. The van der Waals surface area contributed by atoms with E-state index in [9.17, 15) is 14.7 Å². The molecule has 0 spiro atoms. The van der Waals surface area contributed by atoms with Gasteiger partial charge in [-0.15, -0.1) is 0 Å². The summed E-state index contributed by atoms with van der Waals surface area (Å²) < 4.78 is 9.98. The van der Waals surface area contributed by atoms with Crippen molar-refractivity contribution in [3.05, 3.63) is 59.2 Å². The minimum Gasteiger partial charge on any atom is -0.504 e. The van der Waals surface area contributed by atoms with Crippen molar-refractivity contribution in [1.82, 2.24) is 5.32 Å². The number of phenolic OH excluding ortho intramolecular Hbond substituents is 1. The van der Waals surface area contributed by atoms with Crippen molar-refractivity contribution in [2.75, 3.05) is 13.7 Å². The molecule has 0 saturated heterocycles. The molecule has 0 atom stereocenters. The van der Waals surface area contributed by atoms with Crippen LogP contribution in [0.25, 0.3) is 0 Å². The Morgan fingerprint density at radius 3 is 2.68 bits per heavy atom. The molecule has 1 amide bonds. The van der Waals surface area contributed by atoms with Crippen molar-refractivity contribution in [2.45, 2.75) is 6.61 Å². The second-order valence-electron chi connectivity index (χ2n) is 4.91. The van der Waals surface area contributed by atoms with E-state index in [1.807, 2.05) is 30.3 Å². The van der Waals surface area contributed by atoms with Crippen LogP contribution in [0.3, 0.4) is 0 Å². The van der Waals surface area contributed by atoms with Gasteiger partial charge in [-0.1, -0.05) is 42.2 Å². The molecular formula is C19H17NO5.